The van der Waals surface area contributed by atoms with Gasteiger partial charge in [0.15, 0.2) is 11.0 Å². The van der Waals surface area contributed by atoms with Crippen molar-refractivity contribution in [3.8, 4) is 11.4 Å². The van der Waals surface area contributed by atoms with Crippen LogP contribution in [-0.2, 0) is 6.54 Å². The zero-order valence-electron chi connectivity index (χ0n) is 13.6. The number of allylic oxidation sites excluding steroid dienone is 1. The number of hydrogen-bond acceptors (Lipinski definition) is 5. The van der Waals surface area contributed by atoms with Crippen LogP contribution in [0.5, 0.6) is 0 Å². The third-order valence-electron chi connectivity index (χ3n) is 4.37. The molecule has 1 aliphatic rings. The number of nitrogens with zero attached hydrogens (tertiary/aromatic N) is 3. The van der Waals surface area contributed by atoms with E-state index in [-0.39, 0.29) is 0 Å². The van der Waals surface area contributed by atoms with Gasteiger partial charge in [0.05, 0.1) is 11.7 Å². The lowest BCUT2D eigenvalue weighted by Crippen LogP contribution is -2.40. The van der Waals surface area contributed by atoms with E-state index < -0.39 is 11.7 Å². The molecule has 0 aliphatic heterocycles. The van der Waals surface area contributed by atoms with Gasteiger partial charge in [0.25, 0.3) is 0 Å². The number of thioether (sulfide) groups is 1. The number of hydrogen-bond donors (Lipinski definition) is 2. The first kappa shape index (κ1) is 17.2. The molecule has 0 spiro atoms. The zero-order valence-corrected chi connectivity index (χ0v) is 14.5. The van der Waals surface area contributed by atoms with Crippen LogP contribution < -0.4 is 0 Å². The Morgan fingerprint density at radius 2 is 2.04 bits per heavy atom. The fourth-order valence-corrected chi connectivity index (χ4v) is 3.82. The monoisotopic (exact) mass is 345 g/mol. The lowest BCUT2D eigenvalue weighted by atomic mass is 9.77. The van der Waals surface area contributed by atoms with Crippen LogP contribution in [0.3, 0.4) is 0 Å². The van der Waals surface area contributed by atoms with E-state index in [2.05, 4.69) is 16.8 Å². The molecule has 1 heterocycles. The summed E-state index contributed by atoms with van der Waals surface area (Å²) in [6, 6.07) is 9.91. The summed E-state index contributed by atoms with van der Waals surface area (Å²) in [5, 5.41) is 29.7. The van der Waals surface area contributed by atoms with Crippen molar-refractivity contribution in [3.05, 3.63) is 43.0 Å². The second-order valence-corrected chi connectivity index (χ2v) is 7.31. The van der Waals surface area contributed by atoms with Crippen molar-refractivity contribution in [3.63, 3.8) is 0 Å². The largest absolute Gasteiger partial charge is 0.392 e. The number of rotatable bonds is 8. The Morgan fingerprint density at radius 3 is 2.67 bits per heavy atom. The first-order valence-electron chi connectivity index (χ1n) is 8.24. The summed E-state index contributed by atoms with van der Waals surface area (Å²) in [5.41, 5.74) is 0.340. The number of aliphatic hydroxyl groups excluding tert-OH is 1. The van der Waals surface area contributed by atoms with Crippen LogP contribution in [0.1, 0.15) is 25.7 Å². The predicted molar refractivity (Wildman–Crippen MR) is 95.8 cm³/mol. The molecule has 0 radical (unpaired) electrons. The molecule has 24 heavy (non-hydrogen) atoms. The summed E-state index contributed by atoms with van der Waals surface area (Å²) in [4.78, 5) is 0. The van der Waals surface area contributed by atoms with Gasteiger partial charge >= 0.3 is 0 Å². The fraction of sp³-hybridized carbons (Fsp3) is 0.444. The minimum Gasteiger partial charge on any atom is -0.392 e. The molecule has 2 aromatic rings. The van der Waals surface area contributed by atoms with E-state index in [0.29, 0.717) is 18.7 Å². The minimum absolute atomic E-state index is 0.432. The number of benzene rings is 1. The molecule has 0 bridgehead atoms. The Hall–Kier alpha value is -1.63. The maximum absolute atomic E-state index is 10.2. The molecular formula is C18H23N3O2S. The summed E-state index contributed by atoms with van der Waals surface area (Å²) >= 11 is 1.47. The smallest absolute Gasteiger partial charge is 0.191 e. The average Bonchev–Trinajstić information content (AvgIpc) is 2.95. The van der Waals surface area contributed by atoms with Gasteiger partial charge in [-0.3, -0.25) is 4.57 Å². The van der Waals surface area contributed by atoms with Gasteiger partial charge < -0.3 is 10.2 Å². The maximum Gasteiger partial charge on any atom is 0.191 e. The molecule has 1 atom stereocenters. The Labute approximate surface area is 146 Å². The first-order chi connectivity index (χ1) is 11.6. The molecule has 1 aliphatic carbocycles. The molecule has 1 unspecified atom stereocenters. The Balaban J connectivity index is 1.69. The van der Waals surface area contributed by atoms with Crippen molar-refractivity contribution in [2.24, 2.45) is 0 Å². The SMILES string of the molecule is C=CCn1c(SCC(O)CC2(O)CCC2)nnc1-c1ccccc1. The van der Waals surface area contributed by atoms with Crippen molar-refractivity contribution in [1.82, 2.24) is 14.8 Å². The Bertz CT molecular complexity index is 683. The normalized spacial score (nSPS) is 17.2. The summed E-state index contributed by atoms with van der Waals surface area (Å²) < 4.78 is 2.00. The third-order valence-corrected chi connectivity index (χ3v) is 5.48. The lowest BCUT2D eigenvalue weighted by molar-refractivity contribution is -0.0643. The molecule has 2 N–H and O–H groups in total. The Kier molecular flexibility index (Phi) is 5.38. The number of aromatic nitrogens is 3. The van der Waals surface area contributed by atoms with Crippen molar-refractivity contribution in [2.75, 3.05) is 5.75 Å². The number of aliphatic hydroxyl groups is 2. The second kappa shape index (κ2) is 7.51. The van der Waals surface area contributed by atoms with Crippen molar-refractivity contribution in [1.29, 1.82) is 0 Å². The van der Waals surface area contributed by atoms with E-state index >= 15 is 0 Å². The standard InChI is InChI=1S/C18H23N3O2S/c1-2-11-21-16(14-7-4-3-5-8-14)19-20-17(21)24-13-15(22)12-18(23)9-6-10-18/h2-5,7-8,15,22-23H,1,6,9-13H2. The third kappa shape index (κ3) is 3.88. The quantitative estimate of drug-likeness (QED) is 0.569. The maximum atomic E-state index is 10.2. The molecule has 3 rings (SSSR count). The molecule has 1 aromatic heterocycles. The molecule has 0 saturated heterocycles. The topological polar surface area (TPSA) is 71.2 Å². The fourth-order valence-electron chi connectivity index (χ4n) is 2.95. The van der Waals surface area contributed by atoms with Crippen LogP contribution in [0.2, 0.25) is 0 Å². The van der Waals surface area contributed by atoms with Crippen LogP contribution in [0.4, 0.5) is 0 Å². The van der Waals surface area contributed by atoms with Crippen LogP contribution in [-0.4, -0.2) is 42.4 Å². The van der Waals surface area contributed by atoms with Crippen LogP contribution in [0, 0.1) is 0 Å². The van der Waals surface area contributed by atoms with Crippen molar-refractivity contribution >= 4 is 11.8 Å². The van der Waals surface area contributed by atoms with Gasteiger partial charge in [-0.2, -0.15) is 0 Å². The summed E-state index contributed by atoms with van der Waals surface area (Å²) in [6.07, 6.45) is 4.33. The molecule has 1 aromatic carbocycles. The highest BCUT2D eigenvalue weighted by atomic mass is 32.2. The van der Waals surface area contributed by atoms with E-state index in [9.17, 15) is 10.2 Å². The van der Waals surface area contributed by atoms with E-state index in [1.165, 1.54) is 11.8 Å². The van der Waals surface area contributed by atoms with Gasteiger partial charge in [0.2, 0.25) is 0 Å². The van der Waals surface area contributed by atoms with E-state index in [1.54, 1.807) is 0 Å². The zero-order chi connectivity index (χ0) is 17.0. The lowest BCUT2D eigenvalue weighted by Gasteiger charge is -2.38. The molecule has 1 saturated carbocycles. The average molecular weight is 345 g/mol. The van der Waals surface area contributed by atoms with E-state index in [4.69, 9.17) is 0 Å². The van der Waals surface area contributed by atoms with Gasteiger partial charge in [0.1, 0.15) is 0 Å². The summed E-state index contributed by atoms with van der Waals surface area (Å²) in [5.74, 6) is 1.29. The van der Waals surface area contributed by atoms with Crippen LogP contribution in [0.15, 0.2) is 48.1 Å². The molecule has 0 amide bonds. The summed E-state index contributed by atoms with van der Waals surface area (Å²) in [7, 11) is 0. The van der Waals surface area contributed by atoms with E-state index in [1.807, 2.05) is 41.0 Å². The minimum atomic E-state index is -0.663. The highest BCUT2D eigenvalue weighted by Crippen LogP contribution is 2.36. The van der Waals surface area contributed by atoms with Crippen LogP contribution in [0.25, 0.3) is 11.4 Å². The molecule has 6 heteroatoms. The Morgan fingerprint density at radius 1 is 1.29 bits per heavy atom. The van der Waals surface area contributed by atoms with Crippen molar-refractivity contribution < 1.29 is 10.2 Å². The van der Waals surface area contributed by atoms with Gasteiger partial charge in [-0.25, -0.2) is 0 Å². The second-order valence-electron chi connectivity index (χ2n) is 6.32. The predicted octanol–water partition coefficient (Wildman–Crippen LogP) is 2.89. The van der Waals surface area contributed by atoms with Gasteiger partial charge in [-0.05, 0) is 19.3 Å². The van der Waals surface area contributed by atoms with Crippen molar-refractivity contribution in [2.45, 2.75) is 49.1 Å². The summed E-state index contributed by atoms with van der Waals surface area (Å²) in [6.45, 7) is 4.42. The molecule has 1 fully saturated rings. The first-order valence-corrected chi connectivity index (χ1v) is 9.23. The van der Waals surface area contributed by atoms with Gasteiger partial charge in [-0.15, -0.1) is 16.8 Å². The highest BCUT2D eigenvalue weighted by molar-refractivity contribution is 7.99. The van der Waals surface area contributed by atoms with E-state index in [0.717, 1.165) is 35.8 Å². The molecule has 128 valence electrons. The van der Waals surface area contributed by atoms with Crippen LogP contribution >= 0.6 is 11.8 Å². The van der Waals surface area contributed by atoms with Gasteiger partial charge in [-0.1, -0.05) is 48.2 Å². The van der Waals surface area contributed by atoms with Gasteiger partial charge in [0, 0.05) is 24.3 Å². The highest BCUT2D eigenvalue weighted by Gasteiger charge is 2.36. The molecule has 5 nitrogen and oxygen atoms in total. The molecular weight excluding hydrogens is 322 g/mol.